The van der Waals surface area contributed by atoms with Crippen LogP contribution in [0.25, 0.3) is 10.9 Å². The van der Waals surface area contributed by atoms with Crippen molar-refractivity contribution in [3.63, 3.8) is 0 Å². The van der Waals surface area contributed by atoms with Gasteiger partial charge < -0.3 is 24.5 Å². The van der Waals surface area contributed by atoms with Gasteiger partial charge in [-0.1, -0.05) is 19.4 Å². The van der Waals surface area contributed by atoms with Crippen LogP contribution in [-0.2, 0) is 26.1 Å². The van der Waals surface area contributed by atoms with Crippen molar-refractivity contribution in [3.8, 4) is 0 Å². The number of rotatable bonds is 9. The molecule has 0 saturated carbocycles. The number of nitrogens with one attached hydrogen (secondary N) is 2. The summed E-state index contributed by atoms with van der Waals surface area (Å²) < 4.78 is 10.9. The zero-order chi connectivity index (χ0) is 27.0. The molecule has 4 rings (SSSR count). The number of carbonyl (C=O) groups is 1. The van der Waals surface area contributed by atoms with E-state index in [2.05, 4.69) is 34.6 Å². The molecule has 2 aliphatic rings. The summed E-state index contributed by atoms with van der Waals surface area (Å²) in [6, 6.07) is 4.33. The number of H-pyrrole nitrogens is 1. The standard InChI is InChI=1S/C27H38N4O4.C2H6/c1-18-7-5-8-20-21-15-24-22(16-23(21)29-25(20)19(2)30-28-17-18)27(9-13-34-3,10-14-35-4)26(33)31(24)11-6-12-32;1-2/h15-17,28-29,32H,5-14H2,1-4H3;1-2H3/b18-17+,30-19+;. The SMILES string of the molecule is CC.COCCC1(CCOC)C(=O)N(CCCO)c2cc3c4c([nH]c3cc21)/C(C)=N/N/C=C(\C)CCC4. The molecule has 37 heavy (non-hydrogen) atoms. The lowest BCUT2D eigenvalue weighted by molar-refractivity contribution is -0.124. The van der Waals surface area contributed by atoms with Gasteiger partial charge in [-0.05, 0) is 75.6 Å². The van der Waals surface area contributed by atoms with Crippen molar-refractivity contribution in [2.75, 3.05) is 45.5 Å². The Hall–Kier alpha value is -2.68. The molecular weight excluding hydrogens is 468 g/mol. The number of aliphatic hydroxyl groups is 1. The first kappa shape index (κ1) is 28.9. The fourth-order valence-corrected chi connectivity index (χ4v) is 5.47. The van der Waals surface area contributed by atoms with Crippen molar-refractivity contribution in [2.24, 2.45) is 5.10 Å². The number of ether oxygens (including phenoxy) is 2. The highest BCUT2D eigenvalue weighted by Gasteiger charge is 2.50. The number of allylic oxidation sites excluding steroid dienone is 1. The highest BCUT2D eigenvalue weighted by Crippen LogP contribution is 2.48. The summed E-state index contributed by atoms with van der Waals surface area (Å²) in [6.45, 7) is 9.61. The second-order valence-corrected chi connectivity index (χ2v) is 9.67. The average molecular weight is 513 g/mol. The van der Waals surface area contributed by atoms with Crippen LogP contribution in [0.4, 0.5) is 5.69 Å². The molecule has 0 aliphatic carbocycles. The van der Waals surface area contributed by atoms with Crippen LogP contribution in [0.1, 0.15) is 76.6 Å². The van der Waals surface area contributed by atoms with Gasteiger partial charge in [0.15, 0.2) is 0 Å². The Morgan fingerprint density at radius 2 is 1.81 bits per heavy atom. The van der Waals surface area contributed by atoms with Crippen molar-refractivity contribution in [1.82, 2.24) is 10.4 Å². The number of benzene rings is 1. The van der Waals surface area contributed by atoms with Gasteiger partial charge in [-0.2, -0.15) is 5.10 Å². The van der Waals surface area contributed by atoms with Crippen molar-refractivity contribution in [3.05, 3.63) is 40.7 Å². The number of methoxy groups -OCH3 is 2. The normalized spacial score (nSPS) is 19.6. The van der Waals surface area contributed by atoms with Crippen LogP contribution in [-0.4, -0.2) is 62.3 Å². The van der Waals surface area contributed by atoms with E-state index in [0.717, 1.165) is 52.8 Å². The number of aromatic amines is 1. The average Bonchev–Trinajstić information content (AvgIpc) is 3.37. The molecule has 2 aromatic rings. The second-order valence-electron chi connectivity index (χ2n) is 9.67. The zero-order valence-corrected chi connectivity index (χ0v) is 23.4. The van der Waals surface area contributed by atoms with Crippen molar-refractivity contribution >= 4 is 28.2 Å². The maximum absolute atomic E-state index is 14.0. The molecule has 0 spiro atoms. The Balaban J connectivity index is 0.00000186. The fraction of sp³-hybridized carbons (Fsp3) is 0.586. The van der Waals surface area contributed by atoms with Gasteiger partial charge in [0.25, 0.3) is 0 Å². The van der Waals surface area contributed by atoms with Crippen molar-refractivity contribution in [2.45, 2.75) is 71.6 Å². The molecule has 1 aromatic carbocycles. The lowest BCUT2D eigenvalue weighted by Crippen LogP contribution is -2.42. The van der Waals surface area contributed by atoms with Gasteiger partial charge in [-0.3, -0.25) is 10.2 Å². The first-order chi connectivity index (χ1) is 18.0. The fourth-order valence-electron chi connectivity index (χ4n) is 5.47. The quantitative estimate of drug-likeness (QED) is 0.449. The number of carbonyl (C=O) groups excluding carboxylic acids is 1. The maximum Gasteiger partial charge on any atom is 0.237 e. The first-order valence-electron chi connectivity index (χ1n) is 13.5. The maximum atomic E-state index is 14.0. The Bertz CT molecular complexity index is 1130. The van der Waals surface area contributed by atoms with E-state index in [1.165, 1.54) is 11.1 Å². The van der Waals surface area contributed by atoms with Crippen LogP contribution in [0.15, 0.2) is 29.0 Å². The summed E-state index contributed by atoms with van der Waals surface area (Å²) in [5.74, 6) is 0.0709. The minimum Gasteiger partial charge on any atom is -0.396 e. The van der Waals surface area contributed by atoms with E-state index in [1.54, 1.807) is 14.2 Å². The predicted octanol–water partition coefficient (Wildman–Crippen LogP) is 4.79. The van der Waals surface area contributed by atoms with Crippen LogP contribution in [0.2, 0.25) is 0 Å². The molecule has 0 fully saturated rings. The first-order valence-corrected chi connectivity index (χ1v) is 13.5. The van der Waals surface area contributed by atoms with Crippen molar-refractivity contribution in [1.29, 1.82) is 0 Å². The van der Waals surface area contributed by atoms with Crippen LogP contribution in [0, 0.1) is 0 Å². The molecule has 0 atom stereocenters. The number of hydrazone groups is 1. The van der Waals surface area contributed by atoms with Gasteiger partial charge in [0, 0.05) is 63.4 Å². The van der Waals surface area contributed by atoms with E-state index in [-0.39, 0.29) is 12.5 Å². The number of aryl methyl sites for hydroxylation is 1. The summed E-state index contributed by atoms with van der Waals surface area (Å²) >= 11 is 0. The third-order valence-corrected chi connectivity index (χ3v) is 7.39. The third kappa shape index (κ3) is 5.76. The molecule has 204 valence electrons. The van der Waals surface area contributed by atoms with E-state index in [0.29, 0.717) is 39.0 Å². The van der Waals surface area contributed by atoms with E-state index in [9.17, 15) is 9.90 Å². The molecule has 0 unspecified atom stereocenters. The summed E-state index contributed by atoms with van der Waals surface area (Å²) in [6.07, 6.45) is 6.61. The summed E-state index contributed by atoms with van der Waals surface area (Å²) in [7, 11) is 3.33. The molecule has 1 amide bonds. The molecule has 1 aromatic heterocycles. The van der Waals surface area contributed by atoms with Gasteiger partial charge >= 0.3 is 0 Å². The number of hydrogen-bond donors (Lipinski definition) is 3. The monoisotopic (exact) mass is 512 g/mol. The highest BCUT2D eigenvalue weighted by atomic mass is 16.5. The van der Waals surface area contributed by atoms with Crippen molar-refractivity contribution < 1.29 is 19.4 Å². The van der Waals surface area contributed by atoms with Crippen LogP contribution in [0.5, 0.6) is 0 Å². The number of nitrogens with zero attached hydrogens (tertiary/aromatic N) is 2. The lowest BCUT2D eigenvalue weighted by atomic mass is 9.76. The van der Waals surface area contributed by atoms with E-state index < -0.39 is 5.41 Å². The van der Waals surface area contributed by atoms with Gasteiger partial charge in [0.1, 0.15) is 0 Å². The summed E-state index contributed by atoms with van der Waals surface area (Å²) in [4.78, 5) is 19.4. The molecule has 0 bridgehead atoms. The number of fused-ring (bicyclic) bond motifs is 4. The highest BCUT2D eigenvalue weighted by molar-refractivity contribution is 6.12. The van der Waals surface area contributed by atoms with Gasteiger partial charge in [0.2, 0.25) is 5.91 Å². The predicted molar refractivity (Wildman–Crippen MR) is 150 cm³/mol. The Kier molecular flexibility index (Phi) is 10.3. The van der Waals surface area contributed by atoms with Gasteiger partial charge in [0.05, 0.1) is 16.8 Å². The van der Waals surface area contributed by atoms with Gasteiger partial charge in [-0.15, -0.1) is 0 Å². The smallest absolute Gasteiger partial charge is 0.237 e. The summed E-state index contributed by atoms with van der Waals surface area (Å²) in [5.41, 5.74) is 9.78. The molecule has 3 N–H and O–H groups in total. The molecule has 2 aliphatic heterocycles. The van der Waals surface area contributed by atoms with Crippen LogP contribution < -0.4 is 10.3 Å². The van der Waals surface area contributed by atoms with E-state index in [4.69, 9.17) is 9.47 Å². The number of aromatic nitrogens is 1. The number of aliphatic hydroxyl groups excluding tert-OH is 1. The molecule has 3 heterocycles. The molecule has 8 heteroatoms. The Labute approximate surface area is 221 Å². The van der Waals surface area contributed by atoms with Gasteiger partial charge in [-0.25, -0.2) is 0 Å². The molecule has 8 nitrogen and oxygen atoms in total. The Morgan fingerprint density at radius 3 is 2.46 bits per heavy atom. The van der Waals surface area contributed by atoms with E-state index >= 15 is 0 Å². The van der Waals surface area contributed by atoms with Crippen LogP contribution in [0.3, 0.4) is 0 Å². The minimum atomic E-state index is -0.717. The van der Waals surface area contributed by atoms with Crippen LogP contribution >= 0.6 is 0 Å². The number of hydrogen-bond acceptors (Lipinski definition) is 6. The topological polar surface area (TPSA) is 99.2 Å². The van der Waals surface area contributed by atoms with E-state index in [1.807, 2.05) is 31.9 Å². The minimum absolute atomic E-state index is 0.0413. The molecular formula is C29H44N4O4. The molecule has 0 radical (unpaired) electrons. The number of amides is 1. The lowest BCUT2D eigenvalue weighted by Gasteiger charge is -2.28. The summed E-state index contributed by atoms with van der Waals surface area (Å²) in [5, 5.41) is 15.2. The zero-order valence-electron chi connectivity index (χ0n) is 23.4. The second kappa shape index (κ2) is 13.2. The largest absolute Gasteiger partial charge is 0.396 e. The number of anilines is 1. The Morgan fingerprint density at radius 1 is 1.11 bits per heavy atom. The molecule has 0 saturated heterocycles. The third-order valence-electron chi connectivity index (χ3n) is 7.39.